The summed E-state index contributed by atoms with van der Waals surface area (Å²) < 4.78 is 74.2. The predicted octanol–water partition coefficient (Wildman–Crippen LogP) is 2.33. The van der Waals surface area contributed by atoms with Crippen LogP contribution < -0.4 is 0 Å². The van der Waals surface area contributed by atoms with Crippen LogP contribution >= 0.6 is 0 Å². The van der Waals surface area contributed by atoms with Crippen molar-refractivity contribution in [3.63, 3.8) is 0 Å². The first-order valence-electron chi connectivity index (χ1n) is 3.70. The Morgan fingerprint density at radius 2 is 1.81 bits per heavy atom. The quantitative estimate of drug-likeness (QED) is 0.750. The SMILES string of the molecule is FC(F)(F)OCc1nc[c]c(C(F)(F)F)n1. The Bertz CT molecular complexity index is 361. The molecule has 0 N–H and O–H groups in total. The molecule has 0 atom stereocenters. The highest BCUT2D eigenvalue weighted by Gasteiger charge is 2.34. The zero-order chi connectivity index (χ0) is 12.4. The first-order chi connectivity index (χ1) is 7.18. The lowest BCUT2D eigenvalue weighted by atomic mass is 10.4. The molecular weight excluding hydrogens is 242 g/mol. The maximum absolute atomic E-state index is 12.1. The van der Waals surface area contributed by atoms with E-state index in [1.807, 2.05) is 0 Å². The Morgan fingerprint density at radius 1 is 1.19 bits per heavy atom. The molecule has 0 aliphatic rings. The van der Waals surface area contributed by atoms with Gasteiger partial charge >= 0.3 is 12.5 Å². The molecule has 1 aromatic rings. The summed E-state index contributed by atoms with van der Waals surface area (Å²) in [5, 5.41) is 0. The summed E-state index contributed by atoms with van der Waals surface area (Å²) in [4.78, 5) is 5.99. The van der Waals surface area contributed by atoms with E-state index in [-0.39, 0.29) is 0 Å². The number of alkyl halides is 6. The van der Waals surface area contributed by atoms with Gasteiger partial charge in [0.25, 0.3) is 0 Å². The van der Waals surface area contributed by atoms with E-state index in [0.29, 0.717) is 6.20 Å². The average Bonchev–Trinajstić information content (AvgIpc) is 2.13. The van der Waals surface area contributed by atoms with E-state index in [1.165, 1.54) is 0 Å². The molecule has 0 aromatic carbocycles. The number of halogens is 6. The summed E-state index contributed by atoms with van der Waals surface area (Å²) in [6.45, 7) is -1.18. The van der Waals surface area contributed by atoms with Crippen molar-refractivity contribution in [1.82, 2.24) is 9.97 Å². The molecule has 0 aliphatic heterocycles. The highest BCUT2D eigenvalue weighted by atomic mass is 19.4. The second-order valence-electron chi connectivity index (χ2n) is 2.51. The van der Waals surface area contributed by atoms with Gasteiger partial charge in [0.05, 0.1) is 0 Å². The number of rotatable bonds is 2. The van der Waals surface area contributed by atoms with Crippen molar-refractivity contribution in [2.45, 2.75) is 19.1 Å². The van der Waals surface area contributed by atoms with E-state index in [2.05, 4.69) is 14.7 Å². The number of aromatic nitrogens is 2. The third-order valence-corrected chi connectivity index (χ3v) is 1.29. The van der Waals surface area contributed by atoms with Crippen LogP contribution in [0.3, 0.4) is 0 Å². The summed E-state index contributed by atoms with van der Waals surface area (Å²) >= 11 is 0. The van der Waals surface area contributed by atoms with Gasteiger partial charge in [0.1, 0.15) is 6.61 Å². The molecule has 1 radical (unpaired) electrons. The lowest BCUT2D eigenvalue weighted by Crippen LogP contribution is -2.16. The molecule has 1 heterocycles. The molecule has 0 aliphatic carbocycles. The Labute approximate surface area is 85.1 Å². The molecule has 0 spiro atoms. The molecule has 3 nitrogen and oxygen atoms in total. The van der Waals surface area contributed by atoms with E-state index in [1.54, 1.807) is 6.07 Å². The Balaban J connectivity index is 2.76. The highest BCUT2D eigenvalue weighted by molar-refractivity contribution is 5.03. The van der Waals surface area contributed by atoms with E-state index in [0.717, 1.165) is 0 Å². The number of hydrogen-bond acceptors (Lipinski definition) is 3. The van der Waals surface area contributed by atoms with Crippen molar-refractivity contribution in [3.8, 4) is 0 Å². The minimum atomic E-state index is -4.94. The van der Waals surface area contributed by atoms with Crippen molar-refractivity contribution in [2.24, 2.45) is 0 Å². The van der Waals surface area contributed by atoms with Gasteiger partial charge in [-0.05, 0) is 0 Å². The summed E-state index contributed by atoms with van der Waals surface area (Å²) in [7, 11) is 0. The predicted molar refractivity (Wildman–Crippen MR) is 36.7 cm³/mol. The van der Waals surface area contributed by atoms with Gasteiger partial charge in [-0.1, -0.05) is 0 Å². The molecule has 1 rings (SSSR count). The topological polar surface area (TPSA) is 35.0 Å². The fourth-order valence-electron chi connectivity index (χ4n) is 0.719. The van der Waals surface area contributed by atoms with Crippen LogP contribution in [0.2, 0.25) is 0 Å². The van der Waals surface area contributed by atoms with E-state index in [9.17, 15) is 26.3 Å². The van der Waals surface area contributed by atoms with Crippen LogP contribution in [-0.2, 0) is 17.5 Å². The molecule has 0 bridgehead atoms. The van der Waals surface area contributed by atoms with Gasteiger partial charge in [-0.15, -0.1) is 13.2 Å². The van der Waals surface area contributed by atoms with Gasteiger partial charge in [0, 0.05) is 12.3 Å². The van der Waals surface area contributed by atoms with Gasteiger partial charge in [-0.3, -0.25) is 4.74 Å². The normalized spacial score (nSPS) is 12.9. The van der Waals surface area contributed by atoms with Crippen LogP contribution in [0.5, 0.6) is 0 Å². The zero-order valence-corrected chi connectivity index (χ0v) is 7.35. The Kier molecular flexibility index (Phi) is 3.36. The van der Waals surface area contributed by atoms with Gasteiger partial charge in [0.2, 0.25) is 0 Å². The average molecular weight is 245 g/mol. The van der Waals surface area contributed by atoms with Crippen LogP contribution in [0, 0.1) is 6.07 Å². The largest absolute Gasteiger partial charge is 0.522 e. The third-order valence-electron chi connectivity index (χ3n) is 1.29. The number of hydrogen-bond donors (Lipinski definition) is 0. The molecule has 16 heavy (non-hydrogen) atoms. The third kappa shape index (κ3) is 4.01. The Hall–Kier alpha value is -1.38. The van der Waals surface area contributed by atoms with Gasteiger partial charge in [0.15, 0.2) is 11.5 Å². The number of nitrogens with zero attached hydrogens (tertiary/aromatic N) is 2. The van der Waals surface area contributed by atoms with Crippen LogP contribution in [0.1, 0.15) is 11.5 Å². The van der Waals surface area contributed by atoms with Gasteiger partial charge in [-0.25, -0.2) is 9.97 Å². The molecule has 0 amide bonds. The van der Waals surface area contributed by atoms with Crippen molar-refractivity contribution < 1.29 is 31.1 Å². The van der Waals surface area contributed by atoms with Crippen LogP contribution in [0.4, 0.5) is 26.3 Å². The zero-order valence-electron chi connectivity index (χ0n) is 7.35. The van der Waals surface area contributed by atoms with Gasteiger partial charge in [-0.2, -0.15) is 13.2 Å². The molecular formula is C7H3F6N2O. The van der Waals surface area contributed by atoms with Crippen molar-refractivity contribution >= 4 is 0 Å². The molecule has 0 saturated carbocycles. The first-order valence-corrected chi connectivity index (χ1v) is 3.70. The molecule has 0 unspecified atom stereocenters. The maximum atomic E-state index is 12.1. The minimum Gasteiger partial charge on any atom is -0.284 e. The van der Waals surface area contributed by atoms with Crippen molar-refractivity contribution in [1.29, 1.82) is 0 Å². The first kappa shape index (κ1) is 12.7. The van der Waals surface area contributed by atoms with E-state index >= 15 is 0 Å². The summed E-state index contributed by atoms with van der Waals surface area (Å²) in [6, 6.07) is 1.66. The maximum Gasteiger partial charge on any atom is 0.522 e. The van der Waals surface area contributed by atoms with Crippen LogP contribution in [0.25, 0.3) is 0 Å². The lowest BCUT2D eigenvalue weighted by molar-refractivity contribution is -0.331. The monoisotopic (exact) mass is 245 g/mol. The summed E-state index contributed by atoms with van der Waals surface area (Å²) in [6.07, 6.45) is -9.14. The molecule has 9 heteroatoms. The second-order valence-corrected chi connectivity index (χ2v) is 2.51. The molecule has 0 fully saturated rings. The molecule has 89 valence electrons. The van der Waals surface area contributed by atoms with Crippen molar-refractivity contribution in [2.75, 3.05) is 0 Å². The summed E-state index contributed by atoms with van der Waals surface area (Å²) in [5.74, 6) is -0.719. The van der Waals surface area contributed by atoms with Crippen LogP contribution in [0.15, 0.2) is 6.20 Å². The number of ether oxygens (including phenoxy) is 1. The lowest BCUT2D eigenvalue weighted by Gasteiger charge is -2.08. The molecule has 1 aromatic heterocycles. The van der Waals surface area contributed by atoms with E-state index in [4.69, 9.17) is 0 Å². The fraction of sp³-hybridized carbons (Fsp3) is 0.429. The van der Waals surface area contributed by atoms with Crippen LogP contribution in [-0.4, -0.2) is 16.3 Å². The van der Waals surface area contributed by atoms with Gasteiger partial charge < -0.3 is 0 Å². The van der Waals surface area contributed by atoms with E-state index < -0.39 is 30.7 Å². The molecule has 0 saturated heterocycles. The highest BCUT2D eigenvalue weighted by Crippen LogP contribution is 2.27. The smallest absolute Gasteiger partial charge is 0.284 e. The standard InChI is InChI=1S/C7H3F6N2O/c8-6(9,10)4-1-2-14-5(15-4)3-16-7(11,12)13/h2H,3H2. The Morgan fingerprint density at radius 3 is 2.31 bits per heavy atom. The fourth-order valence-corrected chi connectivity index (χ4v) is 0.719. The minimum absolute atomic E-state index is 0.588. The second kappa shape index (κ2) is 4.24. The van der Waals surface area contributed by atoms with Crippen molar-refractivity contribution in [3.05, 3.63) is 23.8 Å². The summed E-state index contributed by atoms with van der Waals surface area (Å²) in [5.41, 5.74) is -1.44.